The van der Waals surface area contributed by atoms with Crippen LogP contribution >= 0.6 is 0 Å². The van der Waals surface area contributed by atoms with Crippen molar-refractivity contribution in [2.45, 2.75) is 33.3 Å². The first kappa shape index (κ1) is 18.9. The van der Waals surface area contributed by atoms with Crippen molar-refractivity contribution in [3.8, 4) is 0 Å². The first-order valence-electron chi connectivity index (χ1n) is 6.56. The molecule has 0 bridgehead atoms. The maximum atomic E-state index is 11.8. The third-order valence-electron chi connectivity index (χ3n) is 2.86. The molecule has 0 saturated carbocycles. The van der Waals surface area contributed by atoms with E-state index in [9.17, 15) is 14.4 Å². The summed E-state index contributed by atoms with van der Waals surface area (Å²) in [7, 11) is 0. The van der Waals surface area contributed by atoms with Crippen LogP contribution in [0.1, 0.15) is 27.2 Å². The van der Waals surface area contributed by atoms with Gasteiger partial charge in [0.1, 0.15) is 13.2 Å². The standard InChI is InChI=1S/C15H22O6/c1-6-12(16)19-9-11(21-13(17)7-2)10-20-14(18)15(4,5)8-3/h6-7,11H,1-2,8-10H2,3-5H3. The highest BCUT2D eigenvalue weighted by Gasteiger charge is 2.28. The van der Waals surface area contributed by atoms with E-state index in [1.165, 1.54) is 0 Å². The van der Waals surface area contributed by atoms with Crippen molar-refractivity contribution >= 4 is 17.9 Å². The number of rotatable bonds is 9. The lowest BCUT2D eigenvalue weighted by atomic mass is 9.91. The van der Waals surface area contributed by atoms with Gasteiger partial charge in [-0.25, -0.2) is 9.59 Å². The molecule has 0 radical (unpaired) electrons. The SMILES string of the molecule is C=CC(=O)OCC(COC(=O)C(C)(C)CC)OC(=O)C=C. The average Bonchev–Trinajstić information content (AvgIpc) is 2.48. The summed E-state index contributed by atoms with van der Waals surface area (Å²) < 4.78 is 14.8. The van der Waals surface area contributed by atoms with Gasteiger partial charge < -0.3 is 14.2 Å². The van der Waals surface area contributed by atoms with Gasteiger partial charge in [0.25, 0.3) is 0 Å². The predicted octanol–water partition coefficient (Wildman–Crippen LogP) is 1.79. The van der Waals surface area contributed by atoms with E-state index in [-0.39, 0.29) is 13.2 Å². The van der Waals surface area contributed by atoms with Crippen LogP contribution in [0.2, 0.25) is 0 Å². The van der Waals surface area contributed by atoms with Crippen LogP contribution in [0.15, 0.2) is 25.3 Å². The first-order chi connectivity index (χ1) is 9.76. The van der Waals surface area contributed by atoms with Crippen LogP contribution in [-0.2, 0) is 28.6 Å². The molecule has 0 fully saturated rings. The van der Waals surface area contributed by atoms with Crippen LogP contribution in [0.3, 0.4) is 0 Å². The summed E-state index contributed by atoms with van der Waals surface area (Å²) in [5.41, 5.74) is -0.634. The Labute approximate surface area is 124 Å². The molecule has 0 spiro atoms. The number of hydrogen-bond donors (Lipinski definition) is 0. The molecule has 0 rings (SSSR count). The van der Waals surface area contributed by atoms with Gasteiger partial charge >= 0.3 is 17.9 Å². The summed E-state index contributed by atoms with van der Waals surface area (Å²) in [6.45, 7) is 11.4. The van der Waals surface area contributed by atoms with Crippen LogP contribution in [0.25, 0.3) is 0 Å². The van der Waals surface area contributed by atoms with E-state index in [0.717, 1.165) is 12.2 Å². The summed E-state index contributed by atoms with van der Waals surface area (Å²) in [4.78, 5) is 34.0. The van der Waals surface area contributed by atoms with Gasteiger partial charge in [0.05, 0.1) is 5.41 Å². The summed E-state index contributed by atoms with van der Waals surface area (Å²) in [6, 6.07) is 0. The van der Waals surface area contributed by atoms with Gasteiger partial charge in [-0.3, -0.25) is 4.79 Å². The van der Waals surface area contributed by atoms with Crippen molar-refractivity contribution in [1.82, 2.24) is 0 Å². The van der Waals surface area contributed by atoms with Crippen molar-refractivity contribution in [2.24, 2.45) is 5.41 Å². The minimum atomic E-state index is -0.893. The van der Waals surface area contributed by atoms with Crippen molar-refractivity contribution in [3.05, 3.63) is 25.3 Å². The molecular formula is C15H22O6. The number of carbonyl (C=O) groups excluding carboxylic acids is 3. The number of esters is 3. The largest absolute Gasteiger partial charge is 0.461 e. The summed E-state index contributed by atoms with van der Waals surface area (Å²) in [5.74, 6) is -1.77. The average molecular weight is 298 g/mol. The molecule has 0 aliphatic rings. The van der Waals surface area contributed by atoms with E-state index in [1.54, 1.807) is 13.8 Å². The van der Waals surface area contributed by atoms with Crippen LogP contribution in [0, 0.1) is 5.41 Å². The minimum Gasteiger partial charge on any atom is -0.461 e. The number of ether oxygens (including phenoxy) is 3. The smallest absolute Gasteiger partial charge is 0.330 e. The molecule has 0 amide bonds. The van der Waals surface area contributed by atoms with Crippen LogP contribution in [0.5, 0.6) is 0 Å². The third kappa shape index (κ3) is 7.29. The van der Waals surface area contributed by atoms with Crippen molar-refractivity contribution in [2.75, 3.05) is 13.2 Å². The van der Waals surface area contributed by atoms with Crippen molar-refractivity contribution < 1.29 is 28.6 Å². The zero-order valence-electron chi connectivity index (χ0n) is 12.7. The molecule has 0 saturated heterocycles. The predicted molar refractivity (Wildman–Crippen MR) is 76.3 cm³/mol. The molecule has 6 heteroatoms. The highest BCUT2D eigenvalue weighted by molar-refractivity contribution is 5.82. The van der Waals surface area contributed by atoms with Gasteiger partial charge in [-0.1, -0.05) is 20.1 Å². The summed E-state index contributed by atoms with van der Waals surface area (Å²) >= 11 is 0. The normalized spacial score (nSPS) is 12.0. The number of hydrogen-bond acceptors (Lipinski definition) is 6. The van der Waals surface area contributed by atoms with E-state index in [2.05, 4.69) is 13.2 Å². The molecule has 6 nitrogen and oxygen atoms in total. The fourth-order valence-electron chi connectivity index (χ4n) is 1.07. The topological polar surface area (TPSA) is 78.9 Å². The Hall–Kier alpha value is -2.11. The Morgan fingerprint density at radius 2 is 1.57 bits per heavy atom. The molecule has 1 unspecified atom stereocenters. The molecule has 0 heterocycles. The molecule has 118 valence electrons. The van der Waals surface area contributed by atoms with Crippen molar-refractivity contribution in [1.29, 1.82) is 0 Å². The van der Waals surface area contributed by atoms with Gasteiger partial charge in [0.15, 0.2) is 6.10 Å². The van der Waals surface area contributed by atoms with E-state index >= 15 is 0 Å². The minimum absolute atomic E-state index is 0.202. The first-order valence-corrected chi connectivity index (χ1v) is 6.56. The summed E-state index contributed by atoms with van der Waals surface area (Å²) in [5, 5.41) is 0. The van der Waals surface area contributed by atoms with Gasteiger partial charge in [-0.05, 0) is 20.3 Å². The zero-order chi connectivity index (χ0) is 16.5. The Morgan fingerprint density at radius 3 is 2.05 bits per heavy atom. The third-order valence-corrected chi connectivity index (χ3v) is 2.86. The second-order valence-corrected chi connectivity index (χ2v) is 4.93. The molecule has 1 atom stereocenters. The summed E-state index contributed by atoms with van der Waals surface area (Å²) in [6.07, 6.45) is 1.67. The lowest BCUT2D eigenvalue weighted by Crippen LogP contribution is -2.33. The second kappa shape index (κ2) is 8.94. The van der Waals surface area contributed by atoms with E-state index in [1.807, 2.05) is 6.92 Å². The second-order valence-electron chi connectivity index (χ2n) is 4.93. The molecule has 0 aliphatic carbocycles. The Balaban J connectivity index is 4.55. The quantitative estimate of drug-likeness (QED) is 0.367. The highest BCUT2D eigenvalue weighted by atomic mass is 16.6. The van der Waals surface area contributed by atoms with Crippen LogP contribution < -0.4 is 0 Å². The molecule has 0 aliphatic heterocycles. The fraction of sp³-hybridized carbons (Fsp3) is 0.533. The zero-order valence-corrected chi connectivity index (χ0v) is 12.7. The molecule has 0 aromatic heterocycles. The van der Waals surface area contributed by atoms with Gasteiger partial charge in [0.2, 0.25) is 0 Å². The van der Waals surface area contributed by atoms with E-state index < -0.39 is 29.4 Å². The van der Waals surface area contributed by atoms with Crippen LogP contribution in [-0.4, -0.2) is 37.2 Å². The fourth-order valence-corrected chi connectivity index (χ4v) is 1.07. The Morgan fingerprint density at radius 1 is 1.05 bits per heavy atom. The molecule has 0 N–H and O–H groups in total. The van der Waals surface area contributed by atoms with Gasteiger partial charge in [-0.15, -0.1) is 0 Å². The van der Waals surface area contributed by atoms with Crippen molar-refractivity contribution in [3.63, 3.8) is 0 Å². The van der Waals surface area contributed by atoms with Gasteiger partial charge in [0, 0.05) is 12.2 Å². The maximum Gasteiger partial charge on any atom is 0.330 e. The lowest BCUT2D eigenvalue weighted by Gasteiger charge is -2.23. The van der Waals surface area contributed by atoms with E-state index in [4.69, 9.17) is 14.2 Å². The Kier molecular flexibility index (Phi) is 8.04. The Bertz CT molecular complexity index is 410. The molecular weight excluding hydrogens is 276 g/mol. The monoisotopic (exact) mass is 298 g/mol. The molecule has 21 heavy (non-hydrogen) atoms. The maximum absolute atomic E-state index is 11.8. The molecule has 0 aromatic rings. The lowest BCUT2D eigenvalue weighted by molar-refractivity contribution is -0.167. The van der Waals surface area contributed by atoms with E-state index in [0.29, 0.717) is 6.42 Å². The highest BCUT2D eigenvalue weighted by Crippen LogP contribution is 2.21. The van der Waals surface area contributed by atoms with Crippen LogP contribution in [0.4, 0.5) is 0 Å². The molecule has 0 aromatic carbocycles. The number of carbonyl (C=O) groups is 3. The van der Waals surface area contributed by atoms with Gasteiger partial charge in [-0.2, -0.15) is 0 Å².